The van der Waals surface area contributed by atoms with Crippen molar-refractivity contribution in [2.75, 3.05) is 26.6 Å². The van der Waals surface area contributed by atoms with E-state index in [1.165, 1.54) is 27.4 Å². The molecule has 0 aromatic carbocycles. The van der Waals surface area contributed by atoms with Crippen LogP contribution in [0, 0.1) is 5.41 Å². The number of nitrogens with zero attached hydrogens (tertiary/aromatic N) is 1. The van der Waals surface area contributed by atoms with Crippen LogP contribution < -0.4 is 10.1 Å². The van der Waals surface area contributed by atoms with Gasteiger partial charge in [-0.3, -0.25) is 4.79 Å². The molecule has 1 aromatic heterocycles. The van der Waals surface area contributed by atoms with Crippen LogP contribution in [0.2, 0.25) is 0 Å². The molecule has 0 fully saturated rings. The average molecular weight is 366 g/mol. The Kier molecular flexibility index (Phi) is 7.73. The van der Waals surface area contributed by atoms with Gasteiger partial charge < -0.3 is 24.6 Å². The topological polar surface area (TPSA) is 107 Å². The van der Waals surface area contributed by atoms with E-state index in [9.17, 15) is 14.7 Å². The highest BCUT2D eigenvalue weighted by atomic mass is 16.7. The highest BCUT2D eigenvalue weighted by molar-refractivity contribution is 5.94. The number of ether oxygens (including phenoxy) is 3. The fourth-order valence-corrected chi connectivity index (χ4v) is 2.15. The second-order valence-corrected chi connectivity index (χ2v) is 6.56. The Balaban J connectivity index is 3.07. The first kappa shape index (κ1) is 21.6. The second-order valence-electron chi connectivity index (χ2n) is 6.56. The van der Waals surface area contributed by atoms with E-state index in [0.29, 0.717) is 11.4 Å². The van der Waals surface area contributed by atoms with Crippen molar-refractivity contribution < 1.29 is 28.9 Å². The number of hydrogen-bond donors (Lipinski definition) is 2. The first-order chi connectivity index (χ1) is 12.1. The maximum Gasteiger partial charge on any atom is 0.332 e. The maximum absolute atomic E-state index is 12.0. The molecule has 0 aliphatic rings. The summed E-state index contributed by atoms with van der Waals surface area (Å²) in [6.45, 7) is 5.42. The van der Waals surface area contributed by atoms with Crippen LogP contribution in [-0.4, -0.2) is 49.6 Å². The third kappa shape index (κ3) is 6.12. The van der Waals surface area contributed by atoms with Gasteiger partial charge in [0.15, 0.2) is 6.29 Å². The van der Waals surface area contributed by atoms with Gasteiger partial charge in [-0.1, -0.05) is 20.8 Å². The molecule has 0 spiro atoms. The quantitative estimate of drug-likeness (QED) is 0.538. The number of amides is 1. The van der Waals surface area contributed by atoms with Crippen LogP contribution in [0.25, 0.3) is 6.08 Å². The molecule has 1 rings (SSSR count). The summed E-state index contributed by atoms with van der Waals surface area (Å²) in [7, 11) is 4.31. The number of aliphatic carboxylic acids is 1. The molecule has 0 atom stereocenters. The molecule has 8 nitrogen and oxygen atoms in total. The fraction of sp³-hybridized carbons (Fsp3) is 0.500. The minimum absolute atomic E-state index is 0.00496. The Hall–Kier alpha value is -2.45. The Morgan fingerprint density at radius 1 is 1.23 bits per heavy atom. The lowest BCUT2D eigenvalue weighted by molar-refractivity contribution is -0.135. The first-order valence-corrected chi connectivity index (χ1v) is 7.98. The Bertz CT molecular complexity index is 675. The Morgan fingerprint density at radius 2 is 1.85 bits per heavy atom. The molecule has 26 heavy (non-hydrogen) atoms. The van der Waals surface area contributed by atoms with Gasteiger partial charge in [0.2, 0.25) is 11.8 Å². The zero-order valence-electron chi connectivity index (χ0n) is 16.0. The van der Waals surface area contributed by atoms with Crippen LogP contribution in [0.4, 0.5) is 5.69 Å². The van der Waals surface area contributed by atoms with Gasteiger partial charge in [-0.05, 0) is 23.6 Å². The number of methoxy groups -OCH3 is 3. The first-order valence-electron chi connectivity index (χ1n) is 7.98. The Morgan fingerprint density at radius 3 is 2.31 bits per heavy atom. The van der Waals surface area contributed by atoms with Crippen molar-refractivity contribution in [3.63, 3.8) is 0 Å². The maximum atomic E-state index is 12.0. The van der Waals surface area contributed by atoms with Gasteiger partial charge in [-0.15, -0.1) is 0 Å². The van der Waals surface area contributed by atoms with Gasteiger partial charge in [0.1, 0.15) is 5.69 Å². The minimum atomic E-state index is -1.01. The molecule has 0 bridgehead atoms. The normalized spacial score (nSPS) is 12.2. The molecule has 0 aliphatic carbocycles. The van der Waals surface area contributed by atoms with Crippen LogP contribution in [-0.2, 0) is 19.1 Å². The van der Waals surface area contributed by atoms with Crippen molar-refractivity contribution in [2.24, 2.45) is 5.41 Å². The van der Waals surface area contributed by atoms with Crippen molar-refractivity contribution in [3.05, 3.63) is 23.4 Å². The van der Waals surface area contributed by atoms with Crippen LogP contribution in [0.1, 0.15) is 32.9 Å². The molecule has 1 heterocycles. The van der Waals surface area contributed by atoms with E-state index < -0.39 is 17.7 Å². The smallest absolute Gasteiger partial charge is 0.332 e. The van der Waals surface area contributed by atoms with Crippen LogP contribution in [0.5, 0.6) is 5.88 Å². The molecule has 0 saturated carbocycles. The van der Waals surface area contributed by atoms with E-state index in [2.05, 4.69) is 10.3 Å². The number of rotatable bonds is 8. The number of hydrogen-bond acceptors (Lipinski definition) is 6. The molecular formula is C18H26N2O6. The number of carbonyl (C=O) groups is 2. The van der Waals surface area contributed by atoms with Gasteiger partial charge in [0.25, 0.3) is 0 Å². The summed E-state index contributed by atoms with van der Waals surface area (Å²) in [5.41, 5.74) is 0.446. The number of anilines is 1. The summed E-state index contributed by atoms with van der Waals surface area (Å²) in [6.07, 6.45) is 0.842. The molecule has 0 unspecified atom stereocenters. The lowest BCUT2D eigenvalue weighted by atomic mass is 9.86. The number of carboxylic acid groups (broad SMARTS) is 1. The lowest BCUT2D eigenvalue weighted by Gasteiger charge is -2.19. The van der Waals surface area contributed by atoms with Crippen LogP contribution >= 0.6 is 0 Å². The monoisotopic (exact) mass is 366 g/mol. The summed E-state index contributed by atoms with van der Waals surface area (Å²) in [4.78, 5) is 27.8. The highest BCUT2D eigenvalue weighted by Gasteiger charge is 2.24. The number of nitrogens with one attached hydrogen (secondary N) is 1. The molecule has 1 amide bonds. The number of carboxylic acids is 1. The summed E-state index contributed by atoms with van der Waals surface area (Å²) < 4.78 is 15.2. The third-order valence-electron chi connectivity index (χ3n) is 3.56. The summed E-state index contributed by atoms with van der Waals surface area (Å²) in [5.74, 6) is -1.17. The van der Waals surface area contributed by atoms with Crippen LogP contribution in [0.3, 0.4) is 0 Å². The second kappa shape index (κ2) is 9.30. The van der Waals surface area contributed by atoms with Crippen molar-refractivity contribution in [2.45, 2.75) is 33.5 Å². The standard InChI is InChI=1S/C18H26N2O6/c1-18(2,3)12(17(22)23)9-11-7-8-13(16(19-11)26-6)20-14(21)10-15(24-4)25-5/h7-9,15H,10H2,1-6H3,(H,20,21)(H,22,23). The molecule has 0 radical (unpaired) electrons. The zero-order chi connectivity index (χ0) is 19.9. The van der Waals surface area contributed by atoms with Crippen molar-refractivity contribution in [1.29, 1.82) is 0 Å². The van der Waals surface area contributed by atoms with E-state index in [1.54, 1.807) is 32.9 Å². The SMILES string of the molecule is COc1nc(C=C(C(=O)O)C(C)(C)C)ccc1NC(=O)CC(OC)OC. The summed E-state index contributed by atoms with van der Waals surface area (Å²) in [5, 5.41) is 12.1. The highest BCUT2D eigenvalue weighted by Crippen LogP contribution is 2.29. The number of aromatic nitrogens is 1. The molecule has 1 aromatic rings. The molecule has 0 aliphatic heterocycles. The molecule has 2 N–H and O–H groups in total. The number of pyridine rings is 1. The van der Waals surface area contributed by atoms with Gasteiger partial charge in [0, 0.05) is 19.8 Å². The van der Waals surface area contributed by atoms with E-state index in [4.69, 9.17) is 14.2 Å². The minimum Gasteiger partial charge on any atom is -0.479 e. The number of carbonyl (C=O) groups excluding carboxylic acids is 1. The molecular weight excluding hydrogens is 340 g/mol. The lowest BCUT2D eigenvalue weighted by Crippen LogP contribution is -2.23. The molecule has 144 valence electrons. The van der Waals surface area contributed by atoms with Gasteiger partial charge in [0.05, 0.1) is 19.2 Å². The summed E-state index contributed by atoms with van der Waals surface area (Å²) in [6, 6.07) is 3.21. The predicted molar refractivity (Wildman–Crippen MR) is 96.9 cm³/mol. The Labute approximate surface area is 153 Å². The molecule has 0 saturated heterocycles. The summed E-state index contributed by atoms with van der Waals surface area (Å²) >= 11 is 0. The van der Waals surface area contributed by atoms with E-state index in [-0.39, 0.29) is 23.8 Å². The van der Waals surface area contributed by atoms with Gasteiger partial charge in [-0.25, -0.2) is 9.78 Å². The van der Waals surface area contributed by atoms with Crippen molar-refractivity contribution in [1.82, 2.24) is 4.98 Å². The molecule has 8 heteroatoms. The zero-order valence-corrected chi connectivity index (χ0v) is 16.0. The fourth-order valence-electron chi connectivity index (χ4n) is 2.15. The van der Waals surface area contributed by atoms with Crippen LogP contribution in [0.15, 0.2) is 17.7 Å². The van der Waals surface area contributed by atoms with Gasteiger partial charge >= 0.3 is 5.97 Å². The predicted octanol–water partition coefficient (Wildman–Crippen LogP) is 2.55. The van der Waals surface area contributed by atoms with E-state index in [1.807, 2.05) is 0 Å². The van der Waals surface area contributed by atoms with E-state index >= 15 is 0 Å². The third-order valence-corrected chi connectivity index (χ3v) is 3.56. The largest absolute Gasteiger partial charge is 0.479 e. The van der Waals surface area contributed by atoms with Crippen molar-refractivity contribution >= 4 is 23.6 Å². The van der Waals surface area contributed by atoms with Gasteiger partial charge in [-0.2, -0.15) is 0 Å². The van der Waals surface area contributed by atoms with E-state index in [0.717, 1.165) is 0 Å². The van der Waals surface area contributed by atoms with Crippen molar-refractivity contribution in [3.8, 4) is 5.88 Å². The average Bonchev–Trinajstić information content (AvgIpc) is 2.57.